The van der Waals surface area contributed by atoms with E-state index < -0.39 is 10.0 Å². The van der Waals surface area contributed by atoms with E-state index in [0.717, 1.165) is 25.9 Å². The molecule has 0 bridgehead atoms. The molecule has 2 saturated heterocycles. The van der Waals surface area contributed by atoms with Crippen LogP contribution in [-0.2, 0) is 14.8 Å². The Morgan fingerprint density at radius 1 is 1.00 bits per heavy atom. The van der Waals surface area contributed by atoms with Crippen molar-refractivity contribution in [2.75, 3.05) is 39.3 Å². The van der Waals surface area contributed by atoms with Crippen LogP contribution in [-0.4, -0.2) is 73.7 Å². The zero-order valence-electron chi connectivity index (χ0n) is 14.4. The van der Waals surface area contributed by atoms with E-state index in [2.05, 4.69) is 4.90 Å². The van der Waals surface area contributed by atoms with Gasteiger partial charge in [-0.15, -0.1) is 0 Å². The summed E-state index contributed by atoms with van der Waals surface area (Å²) in [5.74, 6) is 0.159. The van der Waals surface area contributed by atoms with Gasteiger partial charge >= 0.3 is 0 Å². The molecule has 8 heteroatoms. The SMILES string of the molecule is C[C@@H](C(=O)N1CCCC1)N1CCN(S(=O)(=O)c2ccc(Cl)cc2)CC1. The minimum Gasteiger partial charge on any atom is -0.341 e. The van der Waals surface area contributed by atoms with Gasteiger partial charge in [-0.05, 0) is 44.0 Å². The number of nitrogens with zero attached hydrogens (tertiary/aromatic N) is 3. The molecule has 2 aliphatic rings. The van der Waals surface area contributed by atoms with Crippen LogP contribution in [0.25, 0.3) is 0 Å². The van der Waals surface area contributed by atoms with Gasteiger partial charge in [-0.1, -0.05) is 11.6 Å². The molecule has 6 nitrogen and oxygen atoms in total. The Hall–Kier alpha value is -1.15. The van der Waals surface area contributed by atoms with Crippen molar-refractivity contribution in [3.05, 3.63) is 29.3 Å². The van der Waals surface area contributed by atoms with Crippen LogP contribution < -0.4 is 0 Å². The number of hydrogen-bond acceptors (Lipinski definition) is 4. The van der Waals surface area contributed by atoms with Crippen LogP contribution in [0.15, 0.2) is 29.2 Å². The zero-order valence-corrected chi connectivity index (χ0v) is 16.0. The largest absolute Gasteiger partial charge is 0.341 e. The van der Waals surface area contributed by atoms with Gasteiger partial charge in [0.25, 0.3) is 0 Å². The second kappa shape index (κ2) is 7.61. The molecule has 1 atom stereocenters. The van der Waals surface area contributed by atoms with Crippen LogP contribution in [0.3, 0.4) is 0 Å². The molecule has 1 aromatic carbocycles. The standard InChI is InChI=1S/C17H24ClN3O3S/c1-14(17(22)20-8-2-3-9-20)19-10-12-21(13-11-19)25(23,24)16-6-4-15(18)5-7-16/h4-7,14H,2-3,8-13H2,1H3/t14-/m0/s1. The number of amides is 1. The molecule has 0 aliphatic carbocycles. The number of benzene rings is 1. The second-order valence-electron chi connectivity index (χ2n) is 6.60. The molecule has 1 amide bonds. The smallest absolute Gasteiger partial charge is 0.243 e. The van der Waals surface area contributed by atoms with Gasteiger partial charge in [0.2, 0.25) is 15.9 Å². The van der Waals surface area contributed by atoms with Gasteiger partial charge < -0.3 is 4.90 Å². The van der Waals surface area contributed by atoms with Crippen LogP contribution in [0.4, 0.5) is 0 Å². The summed E-state index contributed by atoms with van der Waals surface area (Å²) in [5.41, 5.74) is 0. The molecule has 138 valence electrons. The van der Waals surface area contributed by atoms with Gasteiger partial charge in [0, 0.05) is 44.3 Å². The van der Waals surface area contributed by atoms with Crippen molar-refractivity contribution in [1.82, 2.24) is 14.1 Å². The topological polar surface area (TPSA) is 60.9 Å². The van der Waals surface area contributed by atoms with Crippen molar-refractivity contribution in [3.8, 4) is 0 Å². The Kier molecular flexibility index (Phi) is 5.68. The minimum atomic E-state index is -3.51. The van der Waals surface area contributed by atoms with Crippen LogP contribution >= 0.6 is 11.6 Å². The minimum absolute atomic E-state index is 0.159. The lowest BCUT2D eigenvalue weighted by Gasteiger charge is -2.37. The number of rotatable bonds is 4. The summed E-state index contributed by atoms with van der Waals surface area (Å²) in [6, 6.07) is 6.04. The van der Waals surface area contributed by atoms with Crippen LogP contribution in [0.2, 0.25) is 5.02 Å². The van der Waals surface area contributed by atoms with E-state index in [1.165, 1.54) is 16.4 Å². The number of piperazine rings is 1. The Labute approximate surface area is 154 Å². The lowest BCUT2D eigenvalue weighted by molar-refractivity contribution is -0.135. The molecular weight excluding hydrogens is 362 g/mol. The highest BCUT2D eigenvalue weighted by Gasteiger charge is 2.33. The lowest BCUT2D eigenvalue weighted by atomic mass is 10.2. The molecule has 0 spiro atoms. The van der Waals surface area contributed by atoms with E-state index in [0.29, 0.717) is 31.2 Å². The lowest BCUT2D eigenvalue weighted by Crippen LogP contribution is -2.55. The molecule has 0 unspecified atom stereocenters. The maximum atomic E-state index is 12.7. The second-order valence-corrected chi connectivity index (χ2v) is 8.98. The summed E-state index contributed by atoms with van der Waals surface area (Å²) in [6.07, 6.45) is 2.15. The van der Waals surface area contributed by atoms with Crippen molar-refractivity contribution in [2.45, 2.75) is 30.7 Å². The number of likely N-dealkylation sites (tertiary alicyclic amines) is 1. The fourth-order valence-corrected chi connectivity index (χ4v) is 4.99. The predicted octanol–water partition coefficient (Wildman–Crippen LogP) is 1.66. The summed E-state index contributed by atoms with van der Waals surface area (Å²) in [4.78, 5) is 16.8. The third kappa shape index (κ3) is 4.00. The van der Waals surface area contributed by atoms with Crippen molar-refractivity contribution < 1.29 is 13.2 Å². The highest BCUT2D eigenvalue weighted by Crippen LogP contribution is 2.21. The molecular formula is C17H24ClN3O3S. The summed E-state index contributed by atoms with van der Waals surface area (Å²) < 4.78 is 26.9. The first-order chi connectivity index (χ1) is 11.9. The maximum Gasteiger partial charge on any atom is 0.243 e. The monoisotopic (exact) mass is 385 g/mol. The molecule has 0 N–H and O–H groups in total. The molecule has 0 saturated carbocycles. The highest BCUT2D eigenvalue weighted by molar-refractivity contribution is 7.89. The van der Waals surface area contributed by atoms with Crippen molar-refractivity contribution in [3.63, 3.8) is 0 Å². The third-order valence-corrected chi connectivity index (χ3v) is 7.21. The molecule has 3 rings (SSSR count). The van der Waals surface area contributed by atoms with E-state index in [-0.39, 0.29) is 16.8 Å². The number of sulfonamides is 1. The van der Waals surface area contributed by atoms with E-state index in [1.54, 1.807) is 12.1 Å². The third-order valence-electron chi connectivity index (χ3n) is 5.05. The first-order valence-corrected chi connectivity index (χ1v) is 10.5. The predicted molar refractivity (Wildman–Crippen MR) is 97.1 cm³/mol. The first kappa shape index (κ1) is 18.6. The van der Waals surface area contributed by atoms with Gasteiger partial charge in [0.1, 0.15) is 0 Å². The van der Waals surface area contributed by atoms with E-state index >= 15 is 0 Å². The average molecular weight is 386 g/mol. The molecule has 0 aromatic heterocycles. The summed E-state index contributed by atoms with van der Waals surface area (Å²) in [5, 5.41) is 0.512. The van der Waals surface area contributed by atoms with Crippen LogP contribution in [0.5, 0.6) is 0 Å². The van der Waals surface area contributed by atoms with Gasteiger partial charge in [-0.25, -0.2) is 8.42 Å². The van der Waals surface area contributed by atoms with E-state index in [4.69, 9.17) is 11.6 Å². The van der Waals surface area contributed by atoms with Crippen LogP contribution in [0, 0.1) is 0 Å². The Morgan fingerprint density at radius 3 is 2.12 bits per heavy atom. The molecule has 25 heavy (non-hydrogen) atoms. The Morgan fingerprint density at radius 2 is 1.56 bits per heavy atom. The molecule has 2 heterocycles. The summed E-state index contributed by atoms with van der Waals surface area (Å²) in [7, 11) is -3.51. The Balaban J connectivity index is 1.61. The van der Waals surface area contributed by atoms with Crippen molar-refractivity contribution in [1.29, 1.82) is 0 Å². The first-order valence-electron chi connectivity index (χ1n) is 8.68. The quantitative estimate of drug-likeness (QED) is 0.790. The fourth-order valence-electron chi connectivity index (χ4n) is 3.44. The molecule has 2 fully saturated rings. The summed E-state index contributed by atoms with van der Waals surface area (Å²) in [6.45, 7) is 5.51. The number of hydrogen-bond donors (Lipinski definition) is 0. The zero-order chi connectivity index (χ0) is 18.0. The van der Waals surface area contributed by atoms with Crippen molar-refractivity contribution >= 4 is 27.5 Å². The normalized spacial score (nSPS) is 21.4. The van der Waals surface area contributed by atoms with Crippen LogP contribution in [0.1, 0.15) is 19.8 Å². The van der Waals surface area contributed by atoms with Gasteiger partial charge in [0.15, 0.2) is 0 Å². The molecule has 1 aromatic rings. The number of carbonyl (C=O) groups is 1. The Bertz CT molecular complexity index is 709. The molecule has 2 aliphatic heterocycles. The highest BCUT2D eigenvalue weighted by atomic mass is 35.5. The van der Waals surface area contributed by atoms with Gasteiger partial charge in [0.05, 0.1) is 10.9 Å². The van der Waals surface area contributed by atoms with E-state index in [9.17, 15) is 13.2 Å². The van der Waals surface area contributed by atoms with Gasteiger partial charge in [-0.3, -0.25) is 9.69 Å². The van der Waals surface area contributed by atoms with E-state index in [1.807, 2.05) is 11.8 Å². The molecule has 0 radical (unpaired) electrons. The maximum absolute atomic E-state index is 12.7. The summed E-state index contributed by atoms with van der Waals surface area (Å²) >= 11 is 5.83. The van der Waals surface area contributed by atoms with Gasteiger partial charge in [-0.2, -0.15) is 4.31 Å². The fraction of sp³-hybridized carbons (Fsp3) is 0.588. The number of halogens is 1. The number of carbonyl (C=O) groups excluding carboxylic acids is 1. The van der Waals surface area contributed by atoms with Crippen molar-refractivity contribution in [2.24, 2.45) is 0 Å². The average Bonchev–Trinajstić information content (AvgIpc) is 3.15.